The Balaban J connectivity index is 0. The summed E-state index contributed by atoms with van der Waals surface area (Å²) < 4.78 is 0. The van der Waals surface area contributed by atoms with Gasteiger partial charge in [0.25, 0.3) is 0 Å². The maximum atomic E-state index is 2.00. The summed E-state index contributed by atoms with van der Waals surface area (Å²) in [5, 5.41) is 0. The van der Waals surface area contributed by atoms with E-state index in [2.05, 4.69) is 0 Å². The third-order valence-electron chi connectivity index (χ3n) is 0.667. The predicted molar refractivity (Wildman–Crippen MR) is 38.6 cm³/mol. The SMILES string of the molecule is N.[KH].c1ccccc1. The van der Waals surface area contributed by atoms with Gasteiger partial charge in [0, 0.05) is 0 Å². The summed E-state index contributed by atoms with van der Waals surface area (Å²) in [6.07, 6.45) is 0. The van der Waals surface area contributed by atoms with Crippen molar-refractivity contribution in [1.82, 2.24) is 6.15 Å². The van der Waals surface area contributed by atoms with E-state index >= 15 is 0 Å². The molecule has 3 N–H and O–H groups in total. The van der Waals surface area contributed by atoms with Crippen LogP contribution in [-0.4, -0.2) is 51.4 Å². The molecule has 0 atom stereocenters. The van der Waals surface area contributed by atoms with Gasteiger partial charge >= 0.3 is 51.4 Å². The van der Waals surface area contributed by atoms with Gasteiger partial charge in [-0.25, -0.2) is 0 Å². The van der Waals surface area contributed by atoms with Gasteiger partial charge in [-0.3, -0.25) is 0 Å². The minimum atomic E-state index is 0. The van der Waals surface area contributed by atoms with Gasteiger partial charge in [-0.1, -0.05) is 36.4 Å². The van der Waals surface area contributed by atoms with Crippen molar-refractivity contribution in [3.8, 4) is 0 Å². The molecule has 0 amide bonds. The van der Waals surface area contributed by atoms with Crippen LogP contribution in [0.1, 0.15) is 0 Å². The Morgan fingerprint density at radius 1 is 0.500 bits per heavy atom. The average molecular weight is 135 g/mol. The molecular weight excluding hydrogens is 125 g/mol. The Hall–Kier alpha value is 0.816. The Morgan fingerprint density at radius 3 is 0.750 bits per heavy atom. The largest absolute Gasteiger partial charge is 0.0623 e. The van der Waals surface area contributed by atoms with Crippen molar-refractivity contribution < 1.29 is 0 Å². The van der Waals surface area contributed by atoms with Crippen LogP contribution in [0, 0.1) is 0 Å². The van der Waals surface area contributed by atoms with Crippen LogP contribution in [0.25, 0.3) is 0 Å². The van der Waals surface area contributed by atoms with Crippen LogP contribution in [0.3, 0.4) is 0 Å². The van der Waals surface area contributed by atoms with Crippen LogP contribution in [0.4, 0.5) is 0 Å². The number of benzene rings is 1. The monoisotopic (exact) mass is 135 g/mol. The molecule has 0 unspecified atom stereocenters. The Kier molecular flexibility index (Phi) is 11.3. The van der Waals surface area contributed by atoms with Crippen molar-refractivity contribution >= 4 is 51.4 Å². The Labute approximate surface area is 92.5 Å². The van der Waals surface area contributed by atoms with Gasteiger partial charge in [-0.2, -0.15) is 0 Å². The number of hydrogen-bond donors (Lipinski definition) is 1. The minimum absolute atomic E-state index is 0. The van der Waals surface area contributed by atoms with E-state index in [1.807, 2.05) is 36.4 Å². The Morgan fingerprint density at radius 2 is 0.625 bits per heavy atom. The maximum absolute atomic E-state index is 2.00. The molecule has 0 spiro atoms. The zero-order valence-electron chi connectivity index (χ0n) is 4.17. The fraction of sp³-hybridized carbons (Fsp3) is 0. The minimum Gasteiger partial charge on any atom is -0.0623 e. The molecule has 0 saturated carbocycles. The maximum Gasteiger partial charge on any atom is -0.0623 e. The van der Waals surface area contributed by atoms with E-state index in [0.717, 1.165) is 0 Å². The van der Waals surface area contributed by atoms with E-state index < -0.39 is 0 Å². The summed E-state index contributed by atoms with van der Waals surface area (Å²) in [7, 11) is 0. The van der Waals surface area contributed by atoms with Crippen LogP contribution in [0.15, 0.2) is 36.4 Å². The Bertz CT molecular complexity index is 80.5. The molecule has 0 aliphatic rings. The van der Waals surface area contributed by atoms with Crippen molar-refractivity contribution in [2.75, 3.05) is 0 Å². The van der Waals surface area contributed by atoms with Crippen molar-refractivity contribution in [2.24, 2.45) is 0 Å². The summed E-state index contributed by atoms with van der Waals surface area (Å²) in [4.78, 5) is 0. The molecule has 0 bridgehead atoms. The molecule has 1 aromatic carbocycles. The first-order chi connectivity index (χ1) is 3.00. The fourth-order valence-electron chi connectivity index (χ4n) is 0.385. The van der Waals surface area contributed by atoms with E-state index in [9.17, 15) is 0 Å². The molecule has 0 saturated heterocycles. The first kappa shape index (κ1) is 11.6. The zero-order chi connectivity index (χ0) is 4.24. The van der Waals surface area contributed by atoms with Crippen LogP contribution < -0.4 is 6.15 Å². The first-order valence-electron chi connectivity index (χ1n) is 2.00. The van der Waals surface area contributed by atoms with Crippen molar-refractivity contribution in [3.63, 3.8) is 0 Å². The molecule has 1 rings (SSSR count). The van der Waals surface area contributed by atoms with Crippen molar-refractivity contribution in [2.45, 2.75) is 0 Å². The third kappa shape index (κ3) is 4.96. The van der Waals surface area contributed by atoms with E-state index in [-0.39, 0.29) is 57.5 Å². The summed E-state index contributed by atoms with van der Waals surface area (Å²) in [5.41, 5.74) is 0. The second-order valence-electron chi connectivity index (χ2n) is 1.15. The van der Waals surface area contributed by atoms with E-state index in [4.69, 9.17) is 0 Å². The van der Waals surface area contributed by atoms with Gasteiger partial charge in [0.1, 0.15) is 0 Å². The van der Waals surface area contributed by atoms with Gasteiger partial charge in [-0.05, 0) is 0 Å². The predicted octanol–water partition coefficient (Wildman–Crippen LogP) is 1.20. The molecule has 0 aliphatic heterocycles. The zero-order valence-corrected chi connectivity index (χ0v) is 4.17. The topological polar surface area (TPSA) is 35.0 Å². The molecule has 0 heterocycles. The molecule has 8 heavy (non-hydrogen) atoms. The molecule has 0 aromatic heterocycles. The van der Waals surface area contributed by atoms with Gasteiger partial charge in [-0.15, -0.1) is 0 Å². The van der Waals surface area contributed by atoms with Crippen LogP contribution >= 0.6 is 0 Å². The molecule has 1 aromatic rings. The quantitative estimate of drug-likeness (QED) is 0.533. The summed E-state index contributed by atoms with van der Waals surface area (Å²) in [6, 6.07) is 12.0. The van der Waals surface area contributed by atoms with Crippen LogP contribution in [0.2, 0.25) is 0 Å². The van der Waals surface area contributed by atoms with Gasteiger partial charge in [0.05, 0.1) is 0 Å². The van der Waals surface area contributed by atoms with Crippen LogP contribution in [0.5, 0.6) is 0 Å². The average Bonchev–Trinajstić information content (AvgIpc) is 1.72. The normalized spacial score (nSPS) is 6.00. The number of hydrogen-bond acceptors (Lipinski definition) is 1. The first-order valence-corrected chi connectivity index (χ1v) is 2.00. The summed E-state index contributed by atoms with van der Waals surface area (Å²) >= 11 is 0. The summed E-state index contributed by atoms with van der Waals surface area (Å²) in [5.74, 6) is 0. The van der Waals surface area contributed by atoms with Gasteiger partial charge in [0.2, 0.25) is 0 Å². The second kappa shape index (κ2) is 7.82. The molecular formula is C6H10KN. The molecule has 40 valence electrons. The van der Waals surface area contributed by atoms with Gasteiger partial charge < -0.3 is 6.15 Å². The van der Waals surface area contributed by atoms with E-state index in [1.54, 1.807) is 0 Å². The van der Waals surface area contributed by atoms with Crippen molar-refractivity contribution in [3.05, 3.63) is 36.4 Å². The fourth-order valence-corrected chi connectivity index (χ4v) is 0.385. The van der Waals surface area contributed by atoms with E-state index in [1.165, 1.54) is 0 Å². The molecule has 0 radical (unpaired) electrons. The van der Waals surface area contributed by atoms with Gasteiger partial charge in [0.15, 0.2) is 0 Å². The van der Waals surface area contributed by atoms with Crippen molar-refractivity contribution in [1.29, 1.82) is 0 Å². The molecule has 2 heteroatoms. The molecule has 1 nitrogen and oxygen atoms in total. The second-order valence-corrected chi connectivity index (χ2v) is 1.15. The van der Waals surface area contributed by atoms with E-state index in [0.29, 0.717) is 0 Å². The summed E-state index contributed by atoms with van der Waals surface area (Å²) in [6.45, 7) is 0. The van der Waals surface area contributed by atoms with Crippen LogP contribution in [-0.2, 0) is 0 Å². The molecule has 0 aliphatic carbocycles. The smallest absolute Gasteiger partial charge is 0.0623 e. The molecule has 0 fully saturated rings. The third-order valence-corrected chi connectivity index (χ3v) is 0.667. The standard InChI is InChI=1S/C6H6.K.H3N.H/c1-2-4-6-5-3-1;;;/h1-6H;;1H3;. The number of rotatable bonds is 0.